The van der Waals surface area contributed by atoms with Gasteiger partial charge in [0.2, 0.25) is 0 Å². The summed E-state index contributed by atoms with van der Waals surface area (Å²) in [5.41, 5.74) is 8.28. The number of benzene rings is 1. The minimum Gasteiger partial charge on any atom is -0.389 e. The molecule has 1 aliphatic rings. The van der Waals surface area contributed by atoms with Crippen molar-refractivity contribution in [3.63, 3.8) is 0 Å². The average Bonchev–Trinajstić information content (AvgIpc) is 2.37. The Bertz CT molecular complexity index is 503. The van der Waals surface area contributed by atoms with Crippen molar-refractivity contribution < 1.29 is 0 Å². The third kappa shape index (κ3) is 3.44. The van der Waals surface area contributed by atoms with Gasteiger partial charge in [-0.25, -0.2) is 0 Å². The molecule has 0 aliphatic heterocycles. The zero-order valence-electron chi connectivity index (χ0n) is 12.4. The molecule has 0 saturated heterocycles. The fourth-order valence-corrected chi connectivity index (χ4v) is 3.32. The van der Waals surface area contributed by atoms with E-state index in [0.29, 0.717) is 21.5 Å². The van der Waals surface area contributed by atoms with Gasteiger partial charge in [0.25, 0.3) is 0 Å². The second-order valence-electron chi connectivity index (χ2n) is 6.53. The van der Waals surface area contributed by atoms with Crippen molar-refractivity contribution in [2.75, 3.05) is 11.9 Å². The van der Waals surface area contributed by atoms with E-state index in [1.807, 2.05) is 18.2 Å². The molecule has 4 heteroatoms. The Kier molecular flexibility index (Phi) is 4.60. The fourth-order valence-electron chi connectivity index (χ4n) is 2.98. The smallest absolute Gasteiger partial charge is 0.106 e. The van der Waals surface area contributed by atoms with Crippen LogP contribution >= 0.6 is 23.8 Å². The van der Waals surface area contributed by atoms with Gasteiger partial charge in [0, 0.05) is 29.4 Å². The van der Waals surface area contributed by atoms with Gasteiger partial charge in [0.05, 0.1) is 0 Å². The Morgan fingerprint density at radius 1 is 1.35 bits per heavy atom. The van der Waals surface area contributed by atoms with Crippen LogP contribution in [-0.4, -0.2) is 18.1 Å². The van der Waals surface area contributed by atoms with Crippen LogP contribution in [0.3, 0.4) is 0 Å². The molecular formula is C16H23ClN2S. The first-order chi connectivity index (χ1) is 9.30. The summed E-state index contributed by atoms with van der Waals surface area (Å²) in [6, 6.07) is 6.35. The lowest BCUT2D eigenvalue weighted by Gasteiger charge is -2.40. The van der Waals surface area contributed by atoms with Crippen LogP contribution in [0.25, 0.3) is 0 Å². The van der Waals surface area contributed by atoms with E-state index in [2.05, 4.69) is 25.8 Å². The summed E-state index contributed by atoms with van der Waals surface area (Å²) in [5.74, 6) is 0. The summed E-state index contributed by atoms with van der Waals surface area (Å²) < 4.78 is 0. The lowest BCUT2D eigenvalue weighted by atomic mass is 9.75. The average molecular weight is 311 g/mol. The van der Waals surface area contributed by atoms with Crippen molar-refractivity contribution in [3.05, 3.63) is 28.8 Å². The molecule has 0 heterocycles. The summed E-state index contributed by atoms with van der Waals surface area (Å²) in [7, 11) is 2.13. The lowest BCUT2D eigenvalue weighted by molar-refractivity contribution is 0.222. The Morgan fingerprint density at radius 2 is 1.95 bits per heavy atom. The molecule has 1 fully saturated rings. The molecule has 1 saturated carbocycles. The van der Waals surface area contributed by atoms with E-state index in [0.717, 1.165) is 11.3 Å². The first-order valence-electron chi connectivity index (χ1n) is 7.12. The Morgan fingerprint density at radius 3 is 2.50 bits per heavy atom. The van der Waals surface area contributed by atoms with Crippen LogP contribution in [-0.2, 0) is 0 Å². The van der Waals surface area contributed by atoms with E-state index in [4.69, 9.17) is 29.6 Å². The summed E-state index contributed by atoms with van der Waals surface area (Å²) in [6.07, 6.45) is 4.95. The van der Waals surface area contributed by atoms with Crippen LogP contribution in [0, 0.1) is 5.41 Å². The second-order valence-corrected chi connectivity index (χ2v) is 7.41. The number of anilines is 1. The van der Waals surface area contributed by atoms with Crippen LogP contribution in [0.1, 0.15) is 45.1 Å². The van der Waals surface area contributed by atoms with Gasteiger partial charge >= 0.3 is 0 Å². The molecule has 0 unspecified atom stereocenters. The Balaban J connectivity index is 2.21. The van der Waals surface area contributed by atoms with Crippen molar-refractivity contribution in [1.29, 1.82) is 0 Å². The predicted octanol–water partition coefficient (Wildman–Crippen LogP) is 4.38. The maximum Gasteiger partial charge on any atom is 0.106 e. The first-order valence-corrected chi connectivity index (χ1v) is 7.91. The van der Waals surface area contributed by atoms with E-state index in [1.165, 1.54) is 25.7 Å². The highest BCUT2D eigenvalue weighted by molar-refractivity contribution is 7.80. The molecule has 2 rings (SSSR count). The molecule has 2 nitrogen and oxygen atoms in total. The van der Waals surface area contributed by atoms with Crippen molar-refractivity contribution in [2.45, 2.75) is 45.6 Å². The lowest BCUT2D eigenvalue weighted by Crippen LogP contribution is -2.38. The van der Waals surface area contributed by atoms with Gasteiger partial charge in [-0.3, -0.25) is 0 Å². The maximum atomic E-state index is 6.06. The van der Waals surface area contributed by atoms with E-state index in [-0.39, 0.29) is 0 Å². The zero-order chi connectivity index (χ0) is 14.9. The monoisotopic (exact) mass is 310 g/mol. The summed E-state index contributed by atoms with van der Waals surface area (Å²) in [4.78, 5) is 2.73. The van der Waals surface area contributed by atoms with Crippen molar-refractivity contribution in [3.8, 4) is 0 Å². The number of nitrogens with two attached hydrogens (primary N) is 1. The van der Waals surface area contributed by atoms with Gasteiger partial charge in [0.15, 0.2) is 0 Å². The molecule has 110 valence electrons. The van der Waals surface area contributed by atoms with Gasteiger partial charge in [-0.05, 0) is 49.3 Å². The highest BCUT2D eigenvalue weighted by atomic mass is 35.5. The van der Waals surface area contributed by atoms with Gasteiger partial charge in [-0.2, -0.15) is 0 Å². The minimum absolute atomic E-state index is 0.408. The number of hydrogen-bond acceptors (Lipinski definition) is 2. The zero-order valence-corrected chi connectivity index (χ0v) is 14.0. The number of halogens is 1. The summed E-state index contributed by atoms with van der Waals surface area (Å²) >= 11 is 11.2. The molecule has 1 aliphatic carbocycles. The second kappa shape index (κ2) is 5.90. The maximum absolute atomic E-state index is 6.06. The SMILES string of the molecule is CN(c1ccc(Cl)cc1C(N)=S)C1CCC(C)(C)CC1. The van der Waals surface area contributed by atoms with Crippen LogP contribution in [0.5, 0.6) is 0 Å². The van der Waals surface area contributed by atoms with Gasteiger partial charge < -0.3 is 10.6 Å². The third-order valence-corrected chi connectivity index (χ3v) is 4.92. The van der Waals surface area contributed by atoms with E-state index in [1.54, 1.807) is 0 Å². The third-order valence-electron chi connectivity index (χ3n) is 4.46. The minimum atomic E-state index is 0.408. The molecule has 0 atom stereocenters. The molecule has 0 aromatic heterocycles. The van der Waals surface area contributed by atoms with Crippen molar-refractivity contribution in [1.82, 2.24) is 0 Å². The quantitative estimate of drug-likeness (QED) is 0.840. The number of nitrogens with zero attached hydrogens (tertiary/aromatic N) is 1. The molecule has 20 heavy (non-hydrogen) atoms. The van der Waals surface area contributed by atoms with Crippen LogP contribution in [0.2, 0.25) is 5.02 Å². The summed E-state index contributed by atoms with van der Waals surface area (Å²) in [5, 5.41) is 0.676. The molecule has 0 spiro atoms. The molecular weight excluding hydrogens is 288 g/mol. The van der Waals surface area contributed by atoms with Crippen LogP contribution < -0.4 is 10.6 Å². The van der Waals surface area contributed by atoms with E-state index in [9.17, 15) is 0 Å². The highest BCUT2D eigenvalue weighted by Crippen LogP contribution is 2.38. The molecule has 0 bridgehead atoms. The number of thiocarbonyl (C=S) groups is 1. The number of hydrogen-bond donors (Lipinski definition) is 1. The van der Waals surface area contributed by atoms with Crippen LogP contribution in [0.4, 0.5) is 5.69 Å². The van der Waals surface area contributed by atoms with Gasteiger partial charge in [0.1, 0.15) is 4.99 Å². The highest BCUT2D eigenvalue weighted by Gasteiger charge is 2.29. The standard InChI is InChI=1S/C16H23ClN2S/c1-16(2)8-6-12(7-9-16)19(3)14-5-4-11(17)10-13(14)15(18)20/h4-5,10,12H,6-9H2,1-3H3,(H2,18,20). The van der Waals surface area contributed by atoms with E-state index < -0.39 is 0 Å². The first kappa shape index (κ1) is 15.6. The summed E-state index contributed by atoms with van der Waals surface area (Å²) in [6.45, 7) is 4.71. The Labute approximate surface area is 132 Å². The number of rotatable bonds is 3. The predicted molar refractivity (Wildman–Crippen MR) is 91.8 cm³/mol. The van der Waals surface area contributed by atoms with Crippen LogP contribution in [0.15, 0.2) is 18.2 Å². The molecule has 1 aromatic carbocycles. The molecule has 2 N–H and O–H groups in total. The molecule has 0 radical (unpaired) electrons. The largest absolute Gasteiger partial charge is 0.389 e. The van der Waals surface area contributed by atoms with Gasteiger partial charge in [-0.1, -0.05) is 37.7 Å². The fraction of sp³-hybridized carbons (Fsp3) is 0.562. The molecule has 0 amide bonds. The normalized spacial score (nSPS) is 18.8. The topological polar surface area (TPSA) is 29.3 Å². The van der Waals surface area contributed by atoms with Crippen molar-refractivity contribution >= 4 is 34.5 Å². The van der Waals surface area contributed by atoms with E-state index >= 15 is 0 Å². The Hall–Kier alpha value is -0.800. The van der Waals surface area contributed by atoms with Crippen molar-refractivity contribution in [2.24, 2.45) is 11.1 Å². The van der Waals surface area contributed by atoms with Gasteiger partial charge in [-0.15, -0.1) is 0 Å². The molecule has 1 aromatic rings.